The summed E-state index contributed by atoms with van der Waals surface area (Å²) < 4.78 is 99.3. The highest BCUT2D eigenvalue weighted by Crippen LogP contribution is 2.53. The number of hydrogen-bond acceptors (Lipinski definition) is 10. The Balaban J connectivity index is 1.74. The third-order valence-electron chi connectivity index (χ3n) is 8.87. The van der Waals surface area contributed by atoms with Crippen LogP contribution in [0.3, 0.4) is 0 Å². The van der Waals surface area contributed by atoms with Crippen LogP contribution >= 0.6 is 0 Å². The Morgan fingerprint density at radius 3 is 1.87 bits per heavy atom. The predicted molar refractivity (Wildman–Crippen MR) is 196 cm³/mol. The summed E-state index contributed by atoms with van der Waals surface area (Å²) in [6, 6.07) is 28.7. The molecule has 0 saturated heterocycles. The van der Waals surface area contributed by atoms with E-state index in [1.54, 1.807) is 13.8 Å². The van der Waals surface area contributed by atoms with Gasteiger partial charge in [0, 0.05) is 12.7 Å². The standard InChI is InChI=1S/C38H44F3NO9SSi/c1-36(2,3)53(27-18-12-8-13-19-27,28-20-14-9-15-21-28)50-23-30(42-35(37(4,5)43)26-16-10-7-11-17-26)29-22-31(47-24-46-6)33(34-32(29)48-25-49-34)51-52(44,45)38(39,40)41/h7-22,30,35,42-43H,23-25H2,1-6H3/t30-,35+/m0/s1. The number of fused-ring (bicyclic) bond motifs is 1. The number of alkyl halides is 3. The van der Waals surface area contributed by atoms with E-state index in [-0.39, 0.29) is 17.9 Å². The lowest BCUT2D eigenvalue weighted by atomic mass is 9.90. The first-order valence-corrected chi connectivity index (χ1v) is 20.1. The van der Waals surface area contributed by atoms with Crippen molar-refractivity contribution >= 4 is 28.8 Å². The largest absolute Gasteiger partial charge is 0.534 e. The van der Waals surface area contributed by atoms with E-state index in [2.05, 4.69) is 30.3 Å². The van der Waals surface area contributed by atoms with Crippen molar-refractivity contribution in [3.8, 4) is 23.0 Å². The number of halogens is 3. The Morgan fingerprint density at radius 1 is 0.849 bits per heavy atom. The van der Waals surface area contributed by atoms with Crippen LogP contribution in [0.4, 0.5) is 13.2 Å². The number of hydrogen-bond donors (Lipinski definition) is 2. The van der Waals surface area contributed by atoms with Crippen LogP contribution < -0.4 is 34.1 Å². The molecule has 10 nitrogen and oxygen atoms in total. The zero-order valence-electron chi connectivity index (χ0n) is 30.3. The van der Waals surface area contributed by atoms with Crippen molar-refractivity contribution in [2.45, 2.75) is 62.9 Å². The molecule has 1 aliphatic heterocycles. The maximum Gasteiger partial charge on any atom is 0.534 e. The van der Waals surface area contributed by atoms with Crippen LogP contribution in [0.25, 0.3) is 0 Å². The molecular formula is C38H44F3NO9SSi. The van der Waals surface area contributed by atoms with Crippen molar-refractivity contribution in [3.05, 3.63) is 108 Å². The summed E-state index contributed by atoms with van der Waals surface area (Å²) >= 11 is 0. The average molecular weight is 776 g/mol. The van der Waals surface area contributed by atoms with Gasteiger partial charge in [0.25, 0.3) is 8.32 Å². The molecule has 15 heteroatoms. The molecule has 0 aromatic heterocycles. The van der Waals surface area contributed by atoms with Crippen molar-refractivity contribution in [1.82, 2.24) is 5.32 Å². The van der Waals surface area contributed by atoms with Crippen molar-refractivity contribution in [2.24, 2.45) is 0 Å². The van der Waals surface area contributed by atoms with Crippen molar-refractivity contribution in [1.29, 1.82) is 0 Å². The van der Waals surface area contributed by atoms with Gasteiger partial charge < -0.3 is 32.7 Å². The molecule has 286 valence electrons. The van der Waals surface area contributed by atoms with Gasteiger partial charge in [0.1, 0.15) is 0 Å². The molecule has 1 aliphatic rings. The van der Waals surface area contributed by atoms with Crippen molar-refractivity contribution in [3.63, 3.8) is 0 Å². The van der Waals surface area contributed by atoms with Gasteiger partial charge in [0.2, 0.25) is 18.3 Å². The Morgan fingerprint density at radius 2 is 1.38 bits per heavy atom. The molecule has 0 bridgehead atoms. The minimum absolute atomic E-state index is 0.0622. The number of ether oxygens (including phenoxy) is 4. The Hall–Kier alpha value is -4.12. The monoisotopic (exact) mass is 775 g/mol. The Kier molecular flexibility index (Phi) is 11.9. The molecule has 2 N–H and O–H groups in total. The molecule has 0 radical (unpaired) electrons. The second kappa shape index (κ2) is 15.7. The van der Waals surface area contributed by atoms with E-state index in [0.717, 1.165) is 15.9 Å². The van der Waals surface area contributed by atoms with Gasteiger partial charge in [-0.3, -0.25) is 5.32 Å². The molecule has 0 aliphatic carbocycles. The van der Waals surface area contributed by atoms with E-state index in [1.807, 2.05) is 91.0 Å². The minimum atomic E-state index is -6.16. The van der Waals surface area contributed by atoms with Gasteiger partial charge in [-0.2, -0.15) is 21.6 Å². The van der Waals surface area contributed by atoms with E-state index in [4.69, 9.17) is 23.4 Å². The summed E-state index contributed by atoms with van der Waals surface area (Å²) in [7, 11) is -8.07. The summed E-state index contributed by atoms with van der Waals surface area (Å²) in [5.41, 5.74) is -6.10. The summed E-state index contributed by atoms with van der Waals surface area (Å²) in [6.45, 7) is 8.63. The molecule has 53 heavy (non-hydrogen) atoms. The fourth-order valence-corrected chi connectivity index (χ4v) is 11.6. The highest BCUT2D eigenvalue weighted by atomic mass is 32.2. The lowest BCUT2D eigenvalue weighted by Crippen LogP contribution is -2.67. The third kappa shape index (κ3) is 8.50. The fraction of sp³-hybridized carbons (Fsp3) is 0.368. The van der Waals surface area contributed by atoms with Gasteiger partial charge in [-0.25, -0.2) is 0 Å². The van der Waals surface area contributed by atoms with Crippen LogP contribution in [-0.4, -0.2) is 60.3 Å². The topological polar surface area (TPSA) is 122 Å². The first-order valence-electron chi connectivity index (χ1n) is 16.8. The van der Waals surface area contributed by atoms with E-state index in [1.165, 1.54) is 13.2 Å². The third-order valence-corrected chi connectivity index (χ3v) is 14.8. The molecular weight excluding hydrogens is 732 g/mol. The van der Waals surface area contributed by atoms with Crippen LogP contribution in [-0.2, 0) is 19.3 Å². The Bertz CT molecular complexity index is 1900. The summed E-state index contributed by atoms with van der Waals surface area (Å²) in [5, 5.41) is 16.7. The van der Waals surface area contributed by atoms with E-state index in [9.17, 15) is 26.7 Å². The average Bonchev–Trinajstić information content (AvgIpc) is 3.60. The number of benzene rings is 4. The molecule has 2 atom stereocenters. The second-order valence-corrected chi connectivity index (χ2v) is 19.9. The van der Waals surface area contributed by atoms with Crippen molar-refractivity contribution < 1.29 is 54.3 Å². The van der Waals surface area contributed by atoms with Crippen LogP contribution in [0.1, 0.15) is 57.8 Å². The molecule has 1 heterocycles. The van der Waals surface area contributed by atoms with Crippen LogP contribution in [0.5, 0.6) is 23.0 Å². The molecule has 5 rings (SSSR count). The molecule has 0 saturated carbocycles. The maximum atomic E-state index is 13.6. The first kappa shape index (κ1) is 40.1. The SMILES string of the molecule is COCOc1cc([C@H](CO[Si](c2ccccc2)(c2ccccc2)C(C)(C)C)N[C@H](c2ccccc2)C(C)(C)O)c2c(c1OS(=O)(=O)C(F)(F)F)OCO2. The highest BCUT2D eigenvalue weighted by Gasteiger charge is 2.52. The van der Waals surface area contributed by atoms with Gasteiger partial charge in [-0.15, -0.1) is 0 Å². The lowest BCUT2D eigenvalue weighted by Gasteiger charge is -2.44. The van der Waals surface area contributed by atoms with Gasteiger partial charge in [-0.05, 0) is 40.9 Å². The van der Waals surface area contributed by atoms with Gasteiger partial charge in [-0.1, -0.05) is 112 Å². The second-order valence-electron chi connectivity index (χ2n) is 14.1. The quantitative estimate of drug-likeness (QED) is 0.0612. The molecule has 0 fully saturated rings. The zero-order chi connectivity index (χ0) is 38.7. The minimum Gasteiger partial charge on any atom is -0.463 e. The number of rotatable bonds is 15. The van der Waals surface area contributed by atoms with Gasteiger partial charge >= 0.3 is 15.6 Å². The molecule has 0 unspecified atom stereocenters. The van der Waals surface area contributed by atoms with Crippen LogP contribution in [0, 0.1) is 0 Å². The lowest BCUT2D eigenvalue weighted by molar-refractivity contribution is -0.0501. The summed E-state index contributed by atoms with van der Waals surface area (Å²) in [4.78, 5) is 0. The number of aliphatic hydroxyl groups is 1. The van der Waals surface area contributed by atoms with E-state index >= 15 is 0 Å². The number of methoxy groups -OCH3 is 1. The molecule has 4 aromatic carbocycles. The molecule has 4 aromatic rings. The molecule has 0 amide bonds. The van der Waals surface area contributed by atoms with Crippen LogP contribution in [0.2, 0.25) is 5.04 Å². The zero-order valence-corrected chi connectivity index (χ0v) is 32.1. The van der Waals surface area contributed by atoms with E-state index in [0.29, 0.717) is 0 Å². The fourth-order valence-electron chi connectivity index (χ4n) is 6.52. The first-order chi connectivity index (χ1) is 24.9. The highest BCUT2D eigenvalue weighted by molar-refractivity contribution is 7.88. The normalized spacial score (nSPS) is 14.8. The van der Waals surface area contributed by atoms with Crippen LogP contribution in [0.15, 0.2) is 97.1 Å². The van der Waals surface area contributed by atoms with E-state index < -0.39 is 77.5 Å². The number of nitrogens with one attached hydrogen (secondary N) is 1. The van der Waals surface area contributed by atoms with Gasteiger partial charge in [0.15, 0.2) is 18.3 Å². The molecule has 0 spiro atoms. The summed E-state index contributed by atoms with van der Waals surface area (Å²) in [6.07, 6.45) is 0. The smallest absolute Gasteiger partial charge is 0.463 e. The van der Waals surface area contributed by atoms with Gasteiger partial charge in [0.05, 0.1) is 24.3 Å². The Labute approximate surface area is 309 Å². The predicted octanol–water partition coefficient (Wildman–Crippen LogP) is 6.35. The summed E-state index contributed by atoms with van der Waals surface area (Å²) in [5.74, 6) is -1.79. The van der Waals surface area contributed by atoms with Crippen molar-refractivity contribution in [2.75, 3.05) is 27.3 Å². The maximum absolute atomic E-state index is 13.6.